The van der Waals surface area contributed by atoms with Crippen LogP contribution in [0.1, 0.15) is 18.4 Å². The number of nitrogens with zero attached hydrogens (tertiary/aromatic N) is 1. The number of carboxylic acids is 1. The molecule has 0 unspecified atom stereocenters. The summed E-state index contributed by atoms with van der Waals surface area (Å²) in [5.41, 5.74) is 0.391. The Morgan fingerprint density at radius 3 is 2.67 bits per heavy atom. The van der Waals surface area contributed by atoms with Gasteiger partial charge in [0.25, 0.3) is 5.69 Å². The number of carboxylic acid groups (broad SMARTS) is 1. The highest BCUT2D eigenvalue weighted by molar-refractivity contribution is 5.76. The van der Waals surface area contributed by atoms with Crippen molar-refractivity contribution in [2.45, 2.75) is 19.4 Å². The van der Waals surface area contributed by atoms with Gasteiger partial charge >= 0.3 is 11.9 Å². The van der Waals surface area contributed by atoms with Gasteiger partial charge in [-0.05, 0) is 5.56 Å². The van der Waals surface area contributed by atoms with Gasteiger partial charge in [-0.2, -0.15) is 0 Å². The van der Waals surface area contributed by atoms with Crippen LogP contribution in [0.25, 0.3) is 0 Å². The fourth-order valence-electron chi connectivity index (χ4n) is 1.20. The number of carbonyl (C=O) groups excluding carboxylic acids is 1. The summed E-state index contributed by atoms with van der Waals surface area (Å²) in [6.45, 7) is -0.111. The molecule has 0 aromatic heterocycles. The number of esters is 1. The molecule has 0 bridgehead atoms. The van der Waals surface area contributed by atoms with Gasteiger partial charge in [-0.1, -0.05) is 12.1 Å². The summed E-state index contributed by atoms with van der Waals surface area (Å²) in [7, 11) is 0. The van der Waals surface area contributed by atoms with Crippen molar-refractivity contribution in [2.24, 2.45) is 0 Å². The molecule has 1 rings (SSSR count). The van der Waals surface area contributed by atoms with Gasteiger partial charge in [0.1, 0.15) is 6.61 Å². The fraction of sp³-hybridized carbons (Fsp3) is 0.273. The second kappa shape index (κ2) is 6.33. The minimum absolute atomic E-state index is 0.0888. The average molecular weight is 253 g/mol. The number of ether oxygens (including phenoxy) is 1. The second-order valence-electron chi connectivity index (χ2n) is 3.48. The van der Waals surface area contributed by atoms with Crippen LogP contribution in [0.2, 0.25) is 0 Å². The number of nitro benzene ring substituents is 1. The Labute approximate surface area is 102 Å². The molecule has 96 valence electrons. The predicted octanol–water partition coefficient (Wildman–Crippen LogP) is 1.50. The summed E-state index contributed by atoms with van der Waals surface area (Å²) in [6, 6.07) is 5.69. The Kier molecular flexibility index (Phi) is 4.79. The van der Waals surface area contributed by atoms with Crippen molar-refractivity contribution in [3.8, 4) is 0 Å². The molecule has 0 aliphatic heterocycles. The van der Waals surface area contributed by atoms with Crippen molar-refractivity contribution in [3.63, 3.8) is 0 Å². The van der Waals surface area contributed by atoms with Gasteiger partial charge in [0.2, 0.25) is 0 Å². The molecule has 0 atom stereocenters. The van der Waals surface area contributed by atoms with Gasteiger partial charge in [0, 0.05) is 12.1 Å². The largest absolute Gasteiger partial charge is 0.481 e. The molecular formula is C11H11NO6. The van der Waals surface area contributed by atoms with Crippen LogP contribution in [-0.2, 0) is 20.9 Å². The monoisotopic (exact) mass is 253 g/mol. The third kappa shape index (κ3) is 4.60. The van der Waals surface area contributed by atoms with Crippen molar-refractivity contribution in [2.75, 3.05) is 0 Å². The molecule has 0 saturated carbocycles. The highest BCUT2D eigenvalue weighted by Gasteiger charge is 2.09. The molecule has 0 aliphatic rings. The Bertz CT molecular complexity index is 470. The van der Waals surface area contributed by atoms with Crippen LogP contribution in [0.4, 0.5) is 5.69 Å². The second-order valence-corrected chi connectivity index (χ2v) is 3.48. The molecule has 1 aromatic carbocycles. The van der Waals surface area contributed by atoms with E-state index in [-0.39, 0.29) is 25.1 Å². The summed E-state index contributed by atoms with van der Waals surface area (Å²) in [4.78, 5) is 31.3. The molecule has 1 aromatic rings. The highest BCUT2D eigenvalue weighted by atomic mass is 16.6. The first-order valence-electron chi connectivity index (χ1n) is 5.10. The maximum Gasteiger partial charge on any atom is 0.306 e. The molecule has 7 heteroatoms. The first-order valence-corrected chi connectivity index (χ1v) is 5.10. The predicted molar refractivity (Wildman–Crippen MR) is 59.8 cm³/mol. The molecule has 0 spiro atoms. The lowest BCUT2D eigenvalue weighted by Crippen LogP contribution is -2.07. The Morgan fingerprint density at radius 2 is 2.06 bits per heavy atom. The number of hydrogen-bond donors (Lipinski definition) is 1. The molecule has 0 heterocycles. The smallest absolute Gasteiger partial charge is 0.306 e. The summed E-state index contributed by atoms with van der Waals surface area (Å²) >= 11 is 0. The molecule has 7 nitrogen and oxygen atoms in total. The maximum atomic E-state index is 11.1. The molecule has 0 amide bonds. The summed E-state index contributed by atoms with van der Waals surface area (Å²) in [5, 5.41) is 18.9. The summed E-state index contributed by atoms with van der Waals surface area (Å²) in [6.07, 6.45) is -0.516. The maximum absolute atomic E-state index is 11.1. The summed E-state index contributed by atoms with van der Waals surface area (Å²) in [5.74, 6) is -1.73. The van der Waals surface area contributed by atoms with E-state index in [4.69, 9.17) is 9.84 Å². The summed E-state index contributed by atoms with van der Waals surface area (Å²) < 4.78 is 4.79. The topological polar surface area (TPSA) is 107 Å². The minimum Gasteiger partial charge on any atom is -0.481 e. The van der Waals surface area contributed by atoms with E-state index in [2.05, 4.69) is 0 Å². The number of hydrogen-bond acceptors (Lipinski definition) is 5. The Morgan fingerprint density at radius 1 is 1.33 bits per heavy atom. The van der Waals surface area contributed by atoms with E-state index in [0.29, 0.717) is 5.56 Å². The Balaban J connectivity index is 2.48. The van der Waals surface area contributed by atoms with Crippen LogP contribution in [0.5, 0.6) is 0 Å². The molecule has 1 N–H and O–H groups in total. The van der Waals surface area contributed by atoms with Gasteiger partial charge in [-0.25, -0.2) is 0 Å². The van der Waals surface area contributed by atoms with Gasteiger partial charge in [0.05, 0.1) is 17.8 Å². The zero-order valence-corrected chi connectivity index (χ0v) is 9.37. The lowest BCUT2D eigenvalue weighted by Gasteiger charge is -2.03. The number of nitro groups is 1. The first kappa shape index (κ1) is 13.6. The first-order chi connectivity index (χ1) is 8.49. The van der Waals surface area contributed by atoms with Crippen molar-refractivity contribution in [3.05, 3.63) is 39.9 Å². The molecule has 0 fully saturated rings. The van der Waals surface area contributed by atoms with E-state index in [0.717, 1.165) is 0 Å². The van der Waals surface area contributed by atoms with Gasteiger partial charge < -0.3 is 9.84 Å². The van der Waals surface area contributed by atoms with Crippen LogP contribution < -0.4 is 0 Å². The highest BCUT2D eigenvalue weighted by Crippen LogP contribution is 2.14. The molecule has 0 saturated heterocycles. The molecule has 0 radical (unpaired) electrons. The van der Waals surface area contributed by atoms with E-state index in [1.807, 2.05) is 0 Å². The SMILES string of the molecule is O=C(O)CCC(=O)OCc1cccc([N+](=O)[O-])c1. The quantitative estimate of drug-likeness (QED) is 0.467. The minimum atomic E-state index is -1.08. The lowest BCUT2D eigenvalue weighted by molar-refractivity contribution is -0.384. The number of rotatable bonds is 6. The zero-order valence-electron chi connectivity index (χ0n) is 9.37. The Hall–Kier alpha value is -2.44. The average Bonchev–Trinajstić information content (AvgIpc) is 2.34. The molecule has 18 heavy (non-hydrogen) atoms. The van der Waals surface area contributed by atoms with Crippen LogP contribution in [0, 0.1) is 10.1 Å². The third-order valence-corrected chi connectivity index (χ3v) is 2.06. The zero-order chi connectivity index (χ0) is 13.5. The van der Waals surface area contributed by atoms with E-state index < -0.39 is 16.9 Å². The van der Waals surface area contributed by atoms with Crippen molar-refractivity contribution < 1.29 is 24.4 Å². The number of non-ortho nitro benzene ring substituents is 1. The van der Waals surface area contributed by atoms with Crippen LogP contribution >= 0.6 is 0 Å². The number of aliphatic carboxylic acids is 1. The molecular weight excluding hydrogens is 242 g/mol. The van der Waals surface area contributed by atoms with Crippen molar-refractivity contribution in [1.29, 1.82) is 0 Å². The van der Waals surface area contributed by atoms with Crippen LogP contribution in [0.3, 0.4) is 0 Å². The van der Waals surface area contributed by atoms with E-state index in [1.165, 1.54) is 18.2 Å². The normalized spacial score (nSPS) is 9.78. The standard InChI is InChI=1S/C11H11NO6/c13-10(14)4-5-11(15)18-7-8-2-1-3-9(6-8)12(16)17/h1-3,6H,4-5,7H2,(H,13,14). The van der Waals surface area contributed by atoms with E-state index in [9.17, 15) is 19.7 Å². The van der Waals surface area contributed by atoms with E-state index >= 15 is 0 Å². The van der Waals surface area contributed by atoms with Crippen molar-refractivity contribution >= 4 is 17.6 Å². The number of benzene rings is 1. The van der Waals surface area contributed by atoms with E-state index in [1.54, 1.807) is 6.07 Å². The van der Waals surface area contributed by atoms with Gasteiger partial charge in [-0.15, -0.1) is 0 Å². The lowest BCUT2D eigenvalue weighted by atomic mass is 10.2. The third-order valence-electron chi connectivity index (χ3n) is 2.06. The van der Waals surface area contributed by atoms with Gasteiger partial charge in [0.15, 0.2) is 0 Å². The number of carbonyl (C=O) groups is 2. The fourth-order valence-corrected chi connectivity index (χ4v) is 1.20. The van der Waals surface area contributed by atoms with Crippen LogP contribution in [-0.4, -0.2) is 22.0 Å². The molecule has 0 aliphatic carbocycles. The van der Waals surface area contributed by atoms with Crippen LogP contribution in [0.15, 0.2) is 24.3 Å². The van der Waals surface area contributed by atoms with Crippen molar-refractivity contribution in [1.82, 2.24) is 0 Å². The van der Waals surface area contributed by atoms with Gasteiger partial charge in [-0.3, -0.25) is 19.7 Å².